The quantitative estimate of drug-likeness (QED) is 0.335. The van der Waals surface area contributed by atoms with Crippen molar-refractivity contribution in [2.75, 3.05) is 5.32 Å². The Morgan fingerprint density at radius 1 is 0.833 bits per heavy atom. The normalized spacial score (nSPS) is 10.8. The molecule has 4 rings (SSSR count). The van der Waals surface area contributed by atoms with E-state index < -0.39 is 24.0 Å². The molecule has 0 atom stereocenters. The third-order valence-corrected chi connectivity index (χ3v) is 5.03. The van der Waals surface area contributed by atoms with Gasteiger partial charge in [-0.25, -0.2) is 4.79 Å². The molecule has 3 aromatic carbocycles. The number of carbonyl (C=O) groups excluding carboxylic acids is 1. The van der Waals surface area contributed by atoms with E-state index in [1.54, 1.807) is 12.3 Å². The van der Waals surface area contributed by atoms with Gasteiger partial charge < -0.3 is 15.2 Å². The molecule has 0 fully saturated rings. The Balaban J connectivity index is 0.00000361. The fraction of sp³-hybridized carbons (Fsp3) is 0.0385. The van der Waals surface area contributed by atoms with Crippen molar-refractivity contribution in [3.05, 3.63) is 102 Å². The van der Waals surface area contributed by atoms with Crippen LogP contribution in [-0.4, -0.2) is 57.9 Å². The molecule has 0 saturated heterocycles. The number of carbonyl (C=O) groups is 2. The molecule has 0 radical (unpaired) electrons. The molecule has 0 aliphatic carbocycles. The Labute approximate surface area is 226 Å². The first kappa shape index (κ1) is 26.9. The molecule has 6 nitrogen and oxygen atoms in total. The van der Waals surface area contributed by atoms with Gasteiger partial charge in [0.25, 0.3) is 5.91 Å². The molecular formula is C26H18F3N2NaO4. The summed E-state index contributed by atoms with van der Waals surface area (Å²) < 4.78 is 42.6. The van der Waals surface area contributed by atoms with Crippen LogP contribution in [0.15, 0.2) is 91.3 Å². The zero-order valence-corrected chi connectivity index (χ0v) is 17.9. The fourth-order valence-corrected chi connectivity index (χ4v) is 3.47. The minimum absolute atomic E-state index is 0. The van der Waals surface area contributed by atoms with Crippen molar-refractivity contribution in [2.45, 2.75) is 6.36 Å². The number of anilines is 1. The van der Waals surface area contributed by atoms with E-state index in [-0.39, 0.29) is 57.5 Å². The topological polar surface area (TPSA) is 88.5 Å². The molecule has 10 heteroatoms. The van der Waals surface area contributed by atoms with Gasteiger partial charge in [-0.15, -0.1) is 13.2 Å². The number of rotatable bonds is 6. The summed E-state index contributed by atoms with van der Waals surface area (Å²) in [6.07, 6.45) is -1.99. The monoisotopic (exact) mass is 502 g/mol. The van der Waals surface area contributed by atoms with Crippen molar-refractivity contribution in [1.82, 2.24) is 4.98 Å². The number of ether oxygens (including phenoxy) is 1. The van der Waals surface area contributed by atoms with Crippen LogP contribution in [0.25, 0.3) is 22.3 Å². The molecule has 0 aliphatic heterocycles. The van der Waals surface area contributed by atoms with E-state index in [1.807, 2.05) is 30.3 Å². The second-order valence-corrected chi connectivity index (χ2v) is 7.39. The van der Waals surface area contributed by atoms with E-state index in [2.05, 4.69) is 15.0 Å². The molecule has 0 aliphatic rings. The van der Waals surface area contributed by atoms with Crippen molar-refractivity contribution >= 4 is 47.1 Å². The number of aromatic carboxylic acids is 1. The molecule has 0 bridgehead atoms. The zero-order chi connectivity index (χ0) is 25.0. The van der Waals surface area contributed by atoms with Crippen LogP contribution in [0.4, 0.5) is 18.9 Å². The summed E-state index contributed by atoms with van der Waals surface area (Å²) >= 11 is 0. The fourth-order valence-electron chi connectivity index (χ4n) is 3.47. The molecule has 36 heavy (non-hydrogen) atoms. The number of hydrogen-bond donors (Lipinski definition) is 2. The summed E-state index contributed by atoms with van der Waals surface area (Å²) in [6, 6.07) is 20.1. The first-order valence-corrected chi connectivity index (χ1v) is 10.3. The number of halogens is 3. The molecule has 0 unspecified atom stereocenters. The van der Waals surface area contributed by atoms with Crippen molar-refractivity contribution in [2.24, 2.45) is 0 Å². The van der Waals surface area contributed by atoms with Gasteiger partial charge in [-0.1, -0.05) is 54.6 Å². The van der Waals surface area contributed by atoms with Gasteiger partial charge in [0.05, 0.1) is 16.8 Å². The molecule has 1 aromatic heterocycles. The van der Waals surface area contributed by atoms with Gasteiger partial charge in [-0.2, -0.15) is 0 Å². The Morgan fingerprint density at radius 2 is 1.53 bits per heavy atom. The van der Waals surface area contributed by atoms with Gasteiger partial charge >= 0.3 is 41.9 Å². The number of nitrogens with zero attached hydrogens (tertiary/aromatic N) is 1. The first-order valence-electron chi connectivity index (χ1n) is 10.3. The number of hydrogen-bond acceptors (Lipinski definition) is 4. The molecule has 4 aromatic rings. The van der Waals surface area contributed by atoms with E-state index in [0.29, 0.717) is 5.56 Å². The third-order valence-electron chi connectivity index (χ3n) is 5.03. The number of para-hydroxylation sites is 1. The van der Waals surface area contributed by atoms with E-state index >= 15 is 0 Å². The van der Waals surface area contributed by atoms with Crippen LogP contribution in [0.5, 0.6) is 5.75 Å². The summed E-state index contributed by atoms with van der Waals surface area (Å²) in [5.74, 6) is -2.40. The number of carboxylic acids is 1. The number of carboxylic acid groups (broad SMARTS) is 1. The van der Waals surface area contributed by atoms with Crippen LogP contribution >= 0.6 is 0 Å². The number of alkyl halides is 3. The zero-order valence-electron chi connectivity index (χ0n) is 17.9. The van der Waals surface area contributed by atoms with E-state index in [1.165, 1.54) is 42.6 Å². The first-order chi connectivity index (χ1) is 16.7. The molecule has 2 N–H and O–H groups in total. The van der Waals surface area contributed by atoms with Crippen molar-refractivity contribution in [3.63, 3.8) is 0 Å². The summed E-state index contributed by atoms with van der Waals surface area (Å²) in [7, 11) is 0. The molecule has 0 saturated carbocycles. The van der Waals surface area contributed by atoms with Crippen molar-refractivity contribution in [1.29, 1.82) is 0 Å². The molecule has 0 spiro atoms. The Morgan fingerprint density at radius 3 is 2.22 bits per heavy atom. The standard InChI is InChI=1S/C26H17F3N2O4.Na.H/c27-26(28,29)35-23-9-5-4-8-20(23)17-10-11-21(25(33)34)22(13-17)31-24(32)19-12-18(14-30-15-19)16-6-2-1-3-7-16;;/h1-15H,(H,31,32)(H,33,34);;. The number of nitrogens with one attached hydrogen (secondary N) is 1. The van der Waals surface area contributed by atoms with E-state index in [4.69, 9.17) is 0 Å². The molecule has 1 heterocycles. The second kappa shape index (κ2) is 11.4. The Bertz CT molecular complexity index is 1400. The van der Waals surface area contributed by atoms with Gasteiger partial charge in [0.1, 0.15) is 5.75 Å². The third kappa shape index (κ3) is 6.51. The molecule has 1 amide bonds. The number of pyridine rings is 1. The van der Waals surface area contributed by atoms with Crippen LogP contribution < -0.4 is 10.1 Å². The number of aromatic nitrogens is 1. The van der Waals surface area contributed by atoms with Crippen molar-refractivity contribution in [3.8, 4) is 28.0 Å². The minimum atomic E-state index is -4.91. The van der Waals surface area contributed by atoms with Crippen LogP contribution in [0.2, 0.25) is 0 Å². The summed E-state index contributed by atoms with van der Waals surface area (Å²) in [6.45, 7) is 0. The van der Waals surface area contributed by atoms with Crippen molar-refractivity contribution < 1.29 is 32.6 Å². The van der Waals surface area contributed by atoms with Gasteiger partial charge in [0.2, 0.25) is 0 Å². The van der Waals surface area contributed by atoms with Gasteiger partial charge in [0.15, 0.2) is 0 Å². The predicted molar refractivity (Wildman–Crippen MR) is 130 cm³/mol. The van der Waals surface area contributed by atoms with Crippen LogP contribution in [0, 0.1) is 0 Å². The molecular weight excluding hydrogens is 484 g/mol. The van der Waals surface area contributed by atoms with E-state index in [0.717, 1.165) is 11.6 Å². The Kier molecular flexibility index (Phi) is 8.52. The van der Waals surface area contributed by atoms with Crippen LogP contribution in [0.1, 0.15) is 20.7 Å². The van der Waals surface area contributed by atoms with Gasteiger partial charge in [-0.3, -0.25) is 9.78 Å². The summed E-state index contributed by atoms with van der Waals surface area (Å²) in [5, 5.41) is 12.1. The maximum atomic E-state index is 13.0. The molecule has 178 valence electrons. The average molecular weight is 502 g/mol. The van der Waals surface area contributed by atoms with Crippen LogP contribution in [0.3, 0.4) is 0 Å². The Hall–Kier alpha value is -3.66. The summed E-state index contributed by atoms with van der Waals surface area (Å²) in [4.78, 5) is 28.8. The summed E-state index contributed by atoms with van der Waals surface area (Å²) in [5.41, 5.74) is 1.67. The van der Waals surface area contributed by atoms with E-state index in [9.17, 15) is 27.9 Å². The second-order valence-electron chi connectivity index (χ2n) is 7.39. The number of benzene rings is 3. The van der Waals surface area contributed by atoms with Gasteiger partial charge in [-0.05, 0) is 35.4 Å². The average Bonchev–Trinajstić information content (AvgIpc) is 2.84. The van der Waals surface area contributed by atoms with Crippen LogP contribution in [-0.2, 0) is 0 Å². The van der Waals surface area contributed by atoms with Gasteiger partial charge in [0, 0.05) is 23.5 Å². The maximum absolute atomic E-state index is 13.0. The predicted octanol–water partition coefficient (Wildman–Crippen LogP) is 5.62. The SMILES string of the molecule is O=C(Nc1cc(-c2ccccc2OC(F)(F)F)ccc1C(=O)O)c1cncc(-c2ccccc2)c1.[NaH]. The number of amides is 1.